The van der Waals surface area contributed by atoms with Gasteiger partial charge in [0.15, 0.2) is 0 Å². The summed E-state index contributed by atoms with van der Waals surface area (Å²) in [4.78, 5) is 1.06. The molecule has 1 nitrogen and oxygen atoms in total. The minimum atomic E-state index is -0.498. The Bertz CT molecular complexity index is 530. The number of thioether (sulfide) groups is 1. The van der Waals surface area contributed by atoms with E-state index in [-0.39, 0.29) is 5.82 Å². The molecule has 0 saturated carbocycles. The number of aliphatic hydroxyl groups is 1. The van der Waals surface area contributed by atoms with Crippen molar-refractivity contribution in [3.05, 3.63) is 64.9 Å². The molecule has 0 aliphatic rings. The molecule has 4 heteroatoms. The zero-order chi connectivity index (χ0) is 13.7. The summed E-state index contributed by atoms with van der Waals surface area (Å²) in [6.45, 7) is 0. The molecule has 1 atom stereocenters. The number of hydrogen-bond donors (Lipinski definition) is 1. The second-order valence-electron chi connectivity index (χ2n) is 4.25. The van der Waals surface area contributed by atoms with Crippen molar-refractivity contribution in [2.75, 3.05) is 5.75 Å². The Hall–Kier alpha value is -1.03. The Balaban J connectivity index is 1.84. The van der Waals surface area contributed by atoms with Crippen LogP contribution in [0.5, 0.6) is 0 Å². The molecule has 19 heavy (non-hydrogen) atoms. The van der Waals surface area contributed by atoms with Gasteiger partial charge in [-0.2, -0.15) is 0 Å². The van der Waals surface area contributed by atoms with Gasteiger partial charge in [0.2, 0.25) is 0 Å². The summed E-state index contributed by atoms with van der Waals surface area (Å²) < 4.78 is 13.0. The minimum Gasteiger partial charge on any atom is -0.392 e. The monoisotopic (exact) mass is 296 g/mol. The first kappa shape index (κ1) is 14.4. The molecule has 0 aliphatic carbocycles. The normalized spacial score (nSPS) is 12.4. The molecule has 0 saturated heterocycles. The molecule has 0 spiro atoms. The van der Waals surface area contributed by atoms with Gasteiger partial charge >= 0.3 is 0 Å². The number of hydrogen-bond acceptors (Lipinski definition) is 2. The van der Waals surface area contributed by atoms with Gasteiger partial charge < -0.3 is 5.11 Å². The first-order valence-electron chi connectivity index (χ1n) is 5.94. The lowest BCUT2D eigenvalue weighted by atomic mass is 10.1. The first-order chi connectivity index (χ1) is 9.13. The fraction of sp³-hybridized carbons (Fsp3) is 0.200. The SMILES string of the molecule is OC(CSc1ccc(Cl)cc1)Cc1cccc(F)c1. The lowest BCUT2D eigenvalue weighted by Crippen LogP contribution is -2.13. The summed E-state index contributed by atoms with van der Waals surface area (Å²) in [5.41, 5.74) is 0.809. The van der Waals surface area contributed by atoms with Gasteiger partial charge in [-0.05, 0) is 48.4 Å². The van der Waals surface area contributed by atoms with E-state index in [0.717, 1.165) is 10.5 Å². The molecule has 0 heterocycles. The molecule has 0 aliphatic heterocycles. The predicted molar refractivity (Wildman–Crippen MR) is 78.3 cm³/mol. The molecule has 0 amide bonds. The summed E-state index contributed by atoms with van der Waals surface area (Å²) in [5, 5.41) is 10.6. The van der Waals surface area contributed by atoms with Crippen LogP contribution in [0.3, 0.4) is 0 Å². The quantitative estimate of drug-likeness (QED) is 0.836. The van der Waals surface area contributed by atoms with Crippen LogP contribution in [0.1, 0.15) is 5.56 Å². The van der Waals surface area contributed by atoms with E-state index in [0.29, 0.717) is 17.2 Å². The fourth-order valence-corrected chi connectivity index (χ4v) is 2.68. The molecule has 2 aromatic rings. The third-order valence-electron chi connectivity index (χ3n) is 2.62. The van der Waals surface area contributed by atoms with Crippen LogP contribution in [0.4, 0.5) is 4.39 Å². The number of benzene rings is 2. The molecule has 0 radical (unpaired) electrons. The van der Waals surface area contributed by atoms with Gasteiger partial charge in [0.1, 0.15) is 5.82 Å². The molecule has 0 fully saturated rings. The van der Waals surface area contributed by atoms with Crippen molar-refractivity contribution in [1.29, 1.82) is 0 Å². The van der Waals surface area contributed by atoms with E-state index in [1.54, 1.807) is 17.8 Å². The largest absolute Gasteiger partial charge is 0.392 e. The van der Waals surface area contributed by atoms with Crippen LogP contribution in [0.25, 0.3) is 0 Å². The molecule has 2 aromatic carbocycles. The maximum absolute atomic E-state index is 13.0. The van der Waals surface area contributed by atoms with Crippen molar-refractivity contribution < 1.29 is 9.50 Å². The van der Waals surface area contributed by atoms with Crippen LogP contribution >= 0.6 is 23.4 Å². The van der Waals surface area contributed by atoms with Crippen molar-refractivity contribution in [1.82, 2.24) is 0 Å². The van der Waals surface area contributed by atoms with E-state index < -0.39 is 6.10 Å². The highest BCUT2D eigenvalue weighted by atomic mass is 35.5. The van der Waals surface area contributed by atoms with Crippen molar-refractivity contribution in [2.45, 2.75) is 17.4 Å². The van der Waals surface area contributed by atoms with Crippen molar-refractivity contribution >= 4 is 23.4 Å². The van der Waals surface area contributed by atoms with E-state index in [9.17, 15) is 9.50 Å². The van der Waals surface area contributed by atoms with Crippen LogP contribution in [0.2, 0.25) is 5.02 Å². The van der Waals surface area contributed by atoms with Crippen LogP contribution in [0, 0.1) is 5.82 Å². The standard InChI is InChI=1S/C15H14ClFOS/c16-12-4-6-15(7-5-12)19-10-14(18)9-11-2-1-3-13(17)8-11/h1-8,14,18H,9-10H2. The van der Waals surface area contributed by atoms with Crippen LogP contribution in [-0.2, 0) is 6.42 Å². The molecule has 0 bridgehead atoms. The van der Waals surface area contributed by atoms with Crippen molar-refractivity contribution in [3.63, 3.8) is 0 Å². The second kappa shape index (κ2) is 6.94. The molecule has 100 valence electrons. The maximum atomic E-state index is 13.0. The van der Waals surface area contributed by atoms with Gasteiger partial charge in [-0.1, -0.05) is 23.7 Å². The van der Waals surface area contributed by atoms with E-state index in [4.69, 9.17) is 11.6 Å². The zero-order valence-corrected chi connectivity index (χ0v) is 11.8. The highest BCUT2D eigenvalue weighted by Crippen LogP contribution is 2.21. The van der Waals surface area contributed by atoms with Gasteiger partial charge in [0, 0.05) is 15.7 Å². The van der Waals surface area contributed by atoms with E-state index >= 15 is 0 Å². The molecular formula is C15H14ClFOS. The van der Waals surface area contributed by atoms with Gasteiger partial charge in [0.25, 0.3) is 0 Å². The second-order valence-corrected chi connectivity index (χ2v) is 5.78. The summed E-state index contributed by atoms with van der Waals surface area (Å²) in [6.07, 6.45) is -0.0410. The lowest BCUT2D eigenvalue weighted by molar-refractivity contribution is 0.200. The number of halogens is 2. The van der Waals surface area contributed by atoms with Crippen LogP contribution < -0.4 is 0 Å². The topological polar surface area (TPSA) is 20.2 Å². The zero-order valence-electron chi connectivity index (χ0n) is 10.2. The van der Waals surface area contributed by atoms with Crippen LogP contribution in [0.15, 0.2) is 53.4 Å². The summed E-state index contributed by atoms with van der Waals surface area (Å²) >= 11 is 7.36. The minimum absolute atomic E-state index is 0.268. The summed E-state index contributed by atoms with van der Waals surface area (Å²) in [5.74, 6) is 0.299. The highest BCUT2D eigenvalue weighted by molar-refractivity contribution is 7.99. The molecule has 0 aromatic heterocycles. The van der Waals surface area contributed by atoms with Crippen molar-refractivity contribution in [2.24, 2.45) is 0 Å². The Labute approximate surface area is 121 Å². The molecule has 1 unspecified atom stereocenters. The average molecular weight is 297 g/mol. The maximum Gasteiger partial charge on any atom is 0.123 e. The first-order valence-corrected chi connectivity index (χ1v) is 7.31. The van der Waals surface area contributed by atoms with Gasteiger partial charge in [-0.3, -0.25) is 0 Å². The third-order valence-corrected chi connectivity index (χ3v) is 4.03. The average Bonchev–Trinajstić information content (AvgIpc) is 2.38. The molecule has 1 N–H and O–H groups in total. The van der Waals surface area contributed by atoms with E-state index in [1.165, 1.54) is 12.1 Å². The summed E-state index contributed by atoms with van der Waals surface area (Å²) in [6, 6.07) is 13.8. The van der Waals surface area contributed by atoms with E-state index in [1.807, 2.05) is 30.3 Å². The third kappa shape index (κ3) is 4.86. The molecule has 2 rings (SSSR count). The van der Waals surface area contributed by atoms with Gasteiger partial charge in [0.05, 0.1) is 6.10 Å². The highest BCUT2D eigenvalue weighted by Gasteiger charge is 2.07. The lowest BCUT2D eigenvalue weighted by Gasteiger charge is -2.10. The number of aliphatic hydroxyl groups excluding tert-OH is 1. The Kier molecular flexibility index (Phi) is 5.25. The van der Waals surface area contributed by atoms with Gasteiger partial charge in [-0.15, -0.1) is 11.8 Å². The Morgan fingerprint density at radius 3 is 2.58 bits per heavy atom. The van der Waals surface area contributed by atoms with Crippen LogP contribution in [-0.4, -0.2) is 17.0 Å². The Morgan fingerprint density at radius 1 is 1.16 bits per heavy atom. The fourth-order valence-electron chi connectivity index (χ4n) is 1.72. The summed E-state index contributed by atoms with van der Waals surface area (Å²) in [7, 11) is 0. The smallest absolute Gasteiger partial charge is 0.123 e. The Morgan fingerprint density at radius 2 is 1.89 bits per heavy atom. The number of rotatable bonds is 5. The molecular weight excluding hydrogens is 283 g/mol. The predicted octanol–water partition coefficient (Wildman–Crippen LogP) is 4.17. The van der Waals surface area contributed by atoms with E-state index in [2.05, 4.69) is 0 Å². The van der Waals surface area contributed by atoms with Gasteiger partial charge in [-0.25, -0.2) is 4.39 Å². The van der Waals surface area contributed by atoms with Crippen molar-refractivity contribution in [3.8, 4) is 0 Å².